The molecule has 34 rings (SSSR count). The van der Waals surface area contributed by atoms with E-state index in [4.69, 9.17) is 0 Å². The minimum atomic E-state index is 1.16. The van der Waals surface area contributed by atoms with E-state index in [0.717, 1.165) is 11.4 Å². The van der Waals surface area contributed by atoms with Gasteiger partial charge < -0.3 is 36.5 Å². The molecular formula is C138H84N8S3. The van der Waals surface area contributed by atoms with Crippen LogP contribution in [0.1, 0.15) is 0 Å². The predicted octanol–water partition coefficient (Wildman–Crippen LogP) is 38.6. The Kier molecular flexibility index (Phi) is 18.4. The molecule has 0 saturated heterocycles. The Labute approximate surface area is 864 Å². The van der Waals surface area contributed by atoms with Gasteiger partial charge in [0.25, 0.3) is 0 Å². The van der Waals surface area contributed by atoms with Crippen LogP contribution in [0.15, 0.2) is 510 Å². The average Bonchev–Trinajstić information content (AvgIpc) is 1.57. The van der Waals surface area contributed by atoms with Gasteiger partial charge in [-0.3, -0.25) is 0 Å². The Bertz CT molecular complexity index is 11400. The topological polar surface area (TPSA) is 39.4 Å². The largest absolute Gasteiger partial charge is 0.309 e. The average molecular weight is 1950 g/mol. The molecule has 0 N–H and O–H groups in total. The molecule has 0 aliphatic heterocycles. The highest BCUT2D eigenvalue weighted by Gasteiger charge is 2.27. The van der Waals surface area contributed by atoms with Crippen molar-refractivity contribution in [1.82, 2.24) is 36.5 Å². The summed E-state index contributed by atoms with van der Waals surface area (Å²) in [5, 5.41) is 28.1. The number of nitrogens with zero attached hydrogens (tertiary/aromatic N) is 8. The summed E-state index contributed by atoms with van der Waals surface area (Å²) in [7, 11) is 0. The Morgan fingerprint density at radius 2 is 0.309 bits per heavy atom. The molecular weight excluding hydrogens is 1870 g/mol. The maximum Gasteiger partial charge on any atom is 0.0640 e. The summed E-state index contributed by atoms with van der Waals surface area (Å²) >= 11 is 5.68. The van der Waals surface area contributed by atoms with Crippen molar-refractivity contribution in [3.05, 3.63) is 510 Å². The van der Waals surface area contributed by atoms with Gasteiger partial charge in [0.05, 0.1) is 119 Å². The van der Waals surface area contributed by atoms with Crippen LogP contribution in [0.3, 0.4) is 0 Å². The number of thiophene rings is 3. The van der Waals surface area contributed by atoms with Crippen molar-refractivity contribution < 1.29 is 0 Å². The van der Waals surface area contributed by atoms with Crippen molar-refractivity contribution in [3.8, 4) is 56.6 Å². The van der Waals surface area contributed by atoms with Gasteiger partial charge in [0.2, 0.25) is 0 Å². The van der Waals surface area contributed by atoms with Crippen molar-refractivity contribution in [2.75, 3.05) is 0 Å². The quantitative estimate of drug-likeness (QED) is 0.138. The van der Waals surface area contributed by atoms with Gasteiger partial charge in [0.15, 0.2) is 0 Å². The van der Waals surface area contributed by atoms with Crippen LogP contribution in [0.5, 0.6) is 0 Å². The van der Waals surface area contributed by atoms with Crippen molar-refractivity contribution >= 4 is 269 Å². The summed E-state index contributed by atoms with van der Waals surface area (Å²) in [6, 6.07) is 187. The van der Waals surface area contributed by atoms with Crippen LogP contribution in [0.2, 0.25) is 0 Å². The third-order valence-corrected chi connectivity index (χ3v) is 35.1. The first kappa shape index (κ1) is 83.6. The summed E-state index contributed by atoms with van der Waals surface area (Å²) in [5.74, 6) is 0. The maximum atomic E-state index is 2.49. The van der Waals surface area contributed by atoms with Crippen LogP contribution >= 0.6 is 34.0 Å². The van der Waals surface area contributed by atoms with Crippen LogP contribution in [0.4, 0.5) is 0 Å². The number of aromatic nitrogens is 8. The molecule has 0 saturated carbocycles. The first-order valence-electron chi connectivity index (χ1n) is 50.9. The third kappa shape index (κ3) is 12.5. The molecule has 8 nitrogen and oxygen atoms in total. The highest BCUT2D eigenvalue weighted by Crippen LogP contribution is 2.51. The highest BCUT2D eigenvalue weighted by molar-refractivity contribution is 7.27. The molecule has 0 aliphatic rings. The van der Waals surface area contributed by atoms with Gasteiger partial charge in [-0.25, -0.2) is 0 Å². The SMILES string of the molecule is c1cc(-n2c3ccccc3c3ccc(-n4c5ccccc5c5ccccc54)cc32)c2sc3ccc(-n4c5ccccc5c5ccccc54)cc3c2c1.c1cc(-n2c3ccccc3c3ccccc32)c2sc3ccc(-n4c5ccccc5c5ccc(-n6c7ccccc7c7ccccc76)cc54)cc3c2c1.c1ccc(-c2cccc3c2sc2c(-n4c5ccccc5c5ccc(-n6c7ccccc7c7ccccc76)cc54)cccc23)cc1. The van der Waals surface area contributed by atoms with Crippen LogP contribution in [-0.4, -0.2) is 36.5 Å². The lowest BCUT2D eigenvalue weighted by Crippen LogP contribution is -1.97. The van der Waals surface area contributed by atoms with Gasteiger partial charge in [-0.15, -0.1) is 34.0 Å². The second-order valence-corrected chi connectivity index (χ2v) is 42.3. The fraction of sp³-hybridized carbons (Fsp3) is 0. The highest BCUT2D eigenvalue weighted by atomic mass is 32.1. The van der Waals surface area contributed by atoms with E-state index < -0.39 is 0 Å². The lowest BCUT2D eigenvalue weighted by atomic mass is 10.0. The van der Waals surface area contributed by atoms with Crippen LogP contribution in [-0.2, 0) is 0 Å². The fourth-order valence-corrected chi connectivity index (χ4v) is 28.8. The normalized spacial score (nSPS) is 12.2. The number of hydrogen-bond acceptors (Lipinski definition) is 3. The molecule has 11 heterocycles. The van der Waals surface area contributed by atoms with E-state index >= 15 is 0 Å². The van der Waals surface area contributed by atoms with E-state index in [1.807, 2.05) is 34.0 Å². The molecule has 23 aromatic carbocycles. The molecule has 0 amide bonds. The van der Waals surface area contributed by atoms with Gasteiger partial charge in [-0.05, 0) is 181 Å². The molecule has 0 bridgehead atoms. The Balaban J connectivity index is 0.0000000992. The molecule has 34 aromatic rings. The zero-order chi connectivity index (χ0) is 97.3. The predicted molar refractivity (Wildman–Crippen MR) is 638 cm³/mol. The minimum Gasteiger partial charge on any atom is -0.309 e. The van der Waals surface area contributed by atoms with Crippen molar-refractivity contribution in [2.24, 2.45) is 0 Å². The van der Waals surface area contributed by atoms with E-state index in [9.17, 15) is 0 Å². The first-order valence-corrected chi connectivity index (χ1v) is 53.4. The summed E-state index contributed by atoms with van der Waals surface area (Å²) < 4.78 is 27.4. The zero-order valence-electron chi connectivity index (χ0n) is 80.3. The lowest BCUT2D eigenvalue weighted by molar-refractivity contribution is 1.16. The maximum absolute atomic E-state index is 2.49. The summed E-state index contributed by atoms with van der Waals surface area (Å²) in [4.78, 5) is 0. The molecule has 0 aliphatic carbocycles. The summed E-state index contributed by atoms with van der Waals surface area (Å²) in [6.07, 6.45) is 0. The van der Waals surface area contributed by atoms with Crippen LogP contribution < -0.4 is 0 Å². The minimum absolute atomic E-state index is 1.16. The van der Waals surface area contributed by atoms with Gasteiger partial charge in [-0.1, -0.05) is 340 Å². The van der Waals surface area contributed by atoms with Gasteiger partial charge in [0.1, 0.15) is 0 Å². The van der Waals surface area contributed by atoms with Crippen molar-refractivity contribution in [2.45, 2.75) is 0 Å². The molecule has 149 heavy (non-hydrogen) atoms. The van der Waals surface area contributed by atoms with E-state index in [1.165, 1.54) is 280 Å². The monoisotopic (exact) mass is 1950 g/mol. The third-order valence-electron chi connectivity index (χ3n) is 31.4. The molecule has 0 fully saturated rings. The molecule has 0 unspecified atom stereocenters. The van der Waals surface area contributed by atoms with E-state index in [2.05, 4.69) is 546 Å². The first-order chi connectivity index (χ1) is 74.0. The van der Waals surface area contributed by atoms with Gasteiger partial charge >= 0.3 is 0 Å². The van der Waals surface area contributed by atoms with Crippen LogP contribution in [0.25, 0.3) is 292 Å². The van der Waals surface area contributed by atoms with Gasteiger partial charge in [0, 0.05) is 161 Å². The zero-order valence-corrected chi connectivity index (χ0v) is 82.7. The molecule has 0 spiro atoms. The van der Waals surface area contributed by atoms with Crippen LogP contribution in [0, 0.1) is 0 Å². The molecule has 0 atom stereocenters. The Morgan fingerprint density at radius 3 is 0.597 bits per heavy atom. The second kappa shape index (κ2) is 32.8. The fourth-order valence-electron chi connectivity index (χ4n) is 25.1. The second-order valence-electron chi connectivity index (χ2n) is 39.2. The van der Waals surface area contributed by atoms with Crippen molar-refractivity contribution in [1.29, 1.82) is 0 Å². The number of hydrogen-bond donors (Lipinski definition) is 0. The van der Waals surface area contributed by atoms with E-state index in [-0.39, 0.29) is 0 Å². The Hall–Kier alpha value is -18.9. The van der Waals surface area contributed by atoms with Crippen molar-refractivity contribution in [3.63, 3.8) is 0 Å². The standard InChI is InChI=1S/2C48H29N3S.C42H26N2S/c1-6-18-40-32(12-1)33-13-2-7-19-41(33)49(40)31-24-26-37-36-16-3-8-20-42(36)50(46(37)29-31)30-25-27-47-39(28-30)38-17-11-23-45(48(38)52-47)51-43-21-9-4-14-34(43)35-15-5-10-22-44(35)51;1-6-18-40-32(12-1)33-13-2-7-19-41(33)49(40)30-25-27-47-39(28-30)38-17-11-23-45(48(38)52-47)51-44-22-10-5-16-36(44)37-26-24-31(29-46(37)51)50-42-20-8-3-14-34(42)35-15-4-9-21-43(35)50;1-2-12-27(13-3-1)29-17-10-18-34-35-19-11-23-39(42(35)45-41(29)34)44-38-22-9-6-16-32(38)33-25-24-28(26-40(33)44)43-36-20-7-4-14-30(36)31-15-5-8-21-37(31)43/h2*1-29H;1-26H. The molecule has 11 aromatic heterocycles. The lowest BCUT2D eigenvalue weighted by Gasteiger charge is -2.12. The molecule has 0 radical (unpaired) electrons. The molecule has 694 valence electrons. The smallest absolute Gasteiger partial charge is 0.0640 e. The van der Waals surface area contributed by atoms with Gasteiger partial charge in [-0.2, -0.15) is 0 Å². The summed E-state index contributed by atoms with van der Waals surface area (Å²) in [6.45, 7) is 0. The number of para-hydroxylation sites is 13. The number of rotatable bonds is 9. The summed E-state index contributed by atoms with van der Waals surface area (Å²) in [5.41, 5.74) is 31.5. The Morgan fingerprint density at radius 1 is 0.114 bits per heavy atom. The van der Waals surface area contributed by atoms with E-state index in [1.54, 1.807) is 0 Å². The molecule has 11 heteroatoms. The number of fused-ring (bicyclic) bond motifs is 33. The number of benzene rings is 23. The van der Waals surface area contributed by atoms with E-state index in [0.29, 0.717) is 0 Å².